The van der Waals surface area contributed by atoms with Crippen molar-refractivity contribution in [2.45, 2.75) is 38.9 Å². The molecule has 4 heteroatoms. The third kappa shape index (κ3) is 2.59. The number of aromatic nitrogens is 1. The van der Waals surface area contributed by atoms with Crippen LogP contribution in [0.2, 0.25) is 0 Å². The molecule has 1 atom stereocenters. The van der Waals surface area contributed by atoms with Gasteiger partial charge in [0.1, 0.15) is 5.66 Å². The third-order valence-electron chi connectivity index (χ3n) is 3.32. The van der Waals surface area contributed by atoms with Crippen LogP contribution in [-0.2, 0) is 6.54 Å². The van der Waals surface area contributed by atoms with E-state index in [-0.39, 0.29) is 0 Å². The monoisotopic (exact) mass is 245 g/mol. The highest BCUT2D eigenvalue weighted by atomic mass is 15.1. The predicted molar refractivity (Wildman–Crippen MR) is 72.9 cm³/mol. The van der Waals surface area contributed by atoms with Gasteiger partial charge >= 0.3 is 0 Å². The number of nitrogens with zero attached hydrogens (tertiary/aromatic N) is 2. The van der Waals surface area contributed by atoms with Gasteiger partial charge in [0.25, 0.3) is 0 Å². The van der Waals surface area contributed by atoms with E-state index >= 15 is 0 Å². The maximum absolute atomic E-state index is 6.39. The van der Waals surface area contributed by atoms with E-state index in [1.165, 1.54) is 5.69 Å². The van der Waals surface area contributed by atoms with E-state index in [9.17, 15) is 0 Å². The van der Waals surface area contributed by atoms with Gasteiger partial charge in [-0.3, -0.25) is 0 Å². The summed E-state index contributed by atoms with van der Waals surface area (Å²) >= 11 is 0. The van der Waals surface area contributed by atoms with E-state index in [2.05, 4.69) is 41.0 Å². The Morgan fingerprint density at radius 3 is 3.00 bits per heavy atom. The molecule has 96 valence electrons. The van der Waals surface area contributed by atoms with Crippen molar-refractivity contribution < 1.29 is 4.57 Å². The highest BCUT2D eigenvalue weighted by molar-refractivity contribution is 5.59. The molecule has 1 aliphatic heterocycles. The van der Waals surface area contributed by atoms with E-state index in [1.807, 2.05) is 18.3 Å². The largest absolute Gasteiger partial charge is 0.353 e. The lowest BCUT2D eigenvalue weighted by molar-refractivity contribution is -0.695. The van der Waals surface area contributed by atoms with E-state index in [0.29, 0.717) is 0 Å². The lowest BCUT2D eigenvalue weighted by Crippen LogP contribution is -2.49. The lowest BCUT2D eigenvalue weighted by Gasteiger charge is -2.28. The molecule has 0 saturated carbocycles. The Kier molecular flexibility index (Phi) is 3.77. The van der Waals surface area contributed by atoms with Gasteiger partial charge in [0, 0.05) is 25.3 Å². The fraction of sp³-hybridized carbons (Fsp3) is 0.429. The van der Waals surface area contributed by atoms with Gasteiger partial charge in [-0.2, -0.15) is 4.57 Å². The lowest BCUT2D eigenvalue weighted by atomic mass is 9.95. The van der Waals surface area contributed by atoms with Crippen molar-refractivity contribution in [2.75, 3.05) is 0 Å². The molecule has 1 aliphatic rings. The molecule has 0 spiro atoms. The second-order valence-corrected chi connectivity index (χ2v) is 4.74. The van der Waals surface area contributed by atoms with Gasteiger partial charge in [-0.1, -0.05) is 19.4 Å². The summed E-state index contributed by atoms with van der Waals surface area (Å²) in [6.45, 7) is 5.00. The van der Waals surface area contributed by atoms with Crippen LogP contribution in [0.5, 0.6) is 0 Å². The Morgan fingerprint density at radius 1 is 1.44 bits per heavy atom. The standard InChI is InChI=1S/C14H21N4/c1-3-7-14(15)13(9-16-11-17-14)10-18-8-5-4-6-12(18)2/h4-6,8-9,11H,3,7,10,15H2,1-2H3,(H,16,17)/q+1. The molecule has 0 amide bonds. The summed E-state index contributed by atoms with van der Waals surface area (Å²) in [4.78, 5) is 4.42. The van der Waals surface area contributed by atoms with Crippen LogP contribution in [0.3, 0.4) is 0 Å². The van der Waals surface area contributed by atoms with Gasteiger partial charge in [-0.05, 0) is 6.42 Å². The Labute approximate surface area is 108 Å². The van der Waals surface area contributed by atoms with Crippen molar-refractivity contribution in [3.05, 3.63) is 41.9 Å². The van der Waals surface area contributed by atoms with Crippen LogP contribution in [0.4, 0.5) is 0 Å². The first kappa shape index (κ1) is 12.8. The van der Waals surface area contributed by atoms with Crippen LogP contribution in [0.15, 0.2) is 41.2 Å². The number of nitrogens with one attached hydrogen (secondary N) is 1. The van der Waals surface area contributed by atoms with E-state index in [1.54, 1.807) is 6.34 Å². The highest BCUT2D eigenvalue weighted by Gasteiger charge is 2.32. The zero-order valence-corrected chi connectivity index (χ0v) is 11.1. The molecule has 2 rings (SSSR count). The molecule has 0 aromatic carbocycles. The summed E-state index contributed by atoms with van der Waals surface area (Å²) in [5.74, 6) is 0. The van der Waals surface area contributed by atoms with Crippen LogP contribution < -0.4 is 15.6 Å². The summed E-state index contributed by atoms with van der Waals surface area (Å²) < 4.78 is 2.19. The minimum atomic E-state index is -0.560. The average molecular weight is 245 g/mol. The van der Waals surface area contributed by atoms with Crippen LogP contribution in [0, 0.1) is 6.92 Å². The molecule has 0 fully saturated rings. The summed E-state index contributed by atoms with van der Waals surface area (Å²) in [6, 6.07) is 6.17. The van der Waals surface area contributed by atoms with Crippen LogP contribution in [0.25, 0.3) is 0 Å². The first-order valence-corrected chi connectivity index (χ1v) is 6.39. The minimum absolute atomic E-state index is 0.560. The van der Waals surface area contributed by atoms with E-state index in [4.69, 9.17) is 5.73 Å². The summed E-state index contributed by atoms with van der Waals surface area (Å²) in [5, 5.41) is 3.04. The molecule has 18 heavy (non-hydrogen) atoms. The Bertz CT molecular complexity index is 478. The molecule has 1 aromatic rings. The zero-order valence-electron chi connectivity index (χ0n) is 11.1. The maximum atomic E-state index is 6.39. The number of rotatable bonds is 4. The number of hydrogen-bond donors (Lipinski definition) is 2. The number of aliphatic imine (C=N–C) groups is 1. The molecule has 2 heterocycles. The van der Waals surface area contributed by atoms with Crippen molar-refractivity contribution in [3.8, 4) is 0 Å². The van der Waals surface area contributed by atoms with Crippen LogP contribution in [0.1, 0.15) is 25.5 Å². The average Bonchev–Trinajstić information content (AvgIpc) is 2.35. The van der Waals surface area contributed by atoms with E-state index < -0.39 is 5.66 Å². The molecule has 1 unspecified atom stereocenters. The van der Waals surface area contributed by atoms with Crippen molar-refractivity contribution in [2.24, 2.45) is 10.7 Å². The molecular weight excluding hydrogens is 224 g/mol. The number of aryl methyl sites for hydroxylation is 1. The molecule has 3 N–H and O–H groups in total. The van der Waals surface area contributed by atoms with Crippen LogP contribution in [-0.4, -0.2) is 12.0 Å². The normalized spacial score (nSPS) is 22.5. The Morgan fingerprint density at radius 2 is 2.28 bits per heavy atom. The molecule has 1 aromatic heterocycles. The second-order valence-electron chi connectivity index (χ2n) is 4.74. The second kappa shape index (κ2) is 5.31. The Hall–Kier alpha value is -1.68. The summed E-state index contributed by atoms with van der Waals surface area (Å²) in [6.07, 6.45) is 7.61. The van der Waals surface area contributed by atoms with Gasteiger partial charge in [-0.25, -0.2) is 4.99 Å². The SMILES string of the molecule is CCCC1(N)N=CNC=C1C[n+]1ccccc1C. The summed E-state index contributed by atoms with van der Waals surface area (Å²) in [5.41, 5.74) is 8.16. The van der Waals surface area contributed by atoms with Crippen LogP contribution >= 0.6 is 0 Å². The van der Waals surface area contributed by atoms with Gasteiger partial charge in [0.2, 0.25) is 0 Å². The third-order valence-corrected chi connectivity index (χ3v) is 3.32. The summed E-state index contributed by atoms with van der Waals surface area (Å²) in [7, 11) is 0. The van der Waals surface area contributed by atoms with Gasteiger partial charge in [0.05, 0.1) is 11.9 Å². The molecule has 0 aliphatic carbocycles. The zero-order chi connectivity index (χ0) is 13.0. The molecule has 0 bridgehead atoms. The highest BCUT2D eigenvalue weighted by Crippen LogP contribution is 2.23. The number of pyridine rings is 1. The molecular formula is C14H21N4+. The first-order chi connectivity index (χ1) is 8.65. The Balaban J connectivity index is 2.22. The maximum Gasteiger partial charge on any atom is 0.178 e. The fourth-order valence-corrected chi connectivity index (χ4v) is 2.21. The molecule has 4 nitrogen and oxygen atoms in total. The van der Waals surface area contributed by atoms with Crippen molar-refractivity contribution in [1.82, 2.24) is 5.32 Å². The fourth-order valence-electron chi connectivity index (χ4n) is 2.21. The quantitative estimate of drug-likeness (QED) is 0.785. The minimum Gasteiger partial charge on any atom is -0.353 e. The molecule has 0 saturated heterocycles. The van der Waals surface area contributed by atoms with Gasteiger partial charge in [-0.15, -0.1) is 0 Å². The smallest absolute Gasteiger partial charge is 0.178 e. The topological polar surface area (TPSA) is 54.3 Å². The van der Waals surface area contributed by atoms with Gasteiger partial charge < -0.3 is 11.1 Å². The number of nitrogens with two attached hydrogens (primary N) is 1. The van der Waals surface area contributed by atoms with E-state index in [0.717, 1.165) is 25.0 Å². The van der Waals surface area contributed by atoms with Crippen molar-refractivity contribution in [1.29, 1.82) is 0 Å². The first-order valence-electron chi connectivity index (χ1n) is 6.39. The van der Waals surface area contributed by atoms with Gasteiger partial charge in [0.15, 0.2) is 18.4 Å². The predicted octanol–water partition coefficient (Wildman–Crippen LogP) is 1.25. The number of hydrogen-bond acceptors (Lipinski definition) is 3. The van der Waals surface area contributed by atoms with Crippen molar-refractivity contribution in [3.63, 3.8) is 0 Å². The van der Waals surface area contributed by atoms with Crippen molar-refractivity contribution >= 4 is 6.34 Å². The molecule has 0 radical (unpaired) electrons.